The zero-order valence-electron chi connectivity index (χ0n) is 10.3. The van der Waals surface area contributed by atoms with Gasteiger partial charge in [-0.25, -0.2) is 4.79 Å². The number of nitrogens with zero attached hydrogens (tertiary/aromatic N) is 1. The zero-order chi connectivity index (χ0) is 13.3. The molecule has 1 aromatic carbocycles. The van der Waals surface area contributed by atoms with Crippen LogP contribution < -0.4 is 11.1 Å². The number of likely N-dealkylation sites (N-methyl/N-ethyl adjacent to an activating group) is 1. The zero-order valence-corrected chi connectivity index (χ0v) is 10.3. The fraction of sp³-hybridized carbons (Fsp3) is 0.417. The Morgan fingerprint density at radius 1 is 1.44 bits per heavy atom. The molecule has 1 aromatic heterocycles. The fourth-order valence-corrected chi connectivity index (χ4v) is 1.88. The molecule has 0 amide bonds. The first-order valence-corrected chi connectivity index (χ1v) is 5.65. The van der Waals surface area contributed by atoms with Crippen molar-refractivity contribution in [1.82, 2.24) is 9.88 Å². The molecule has 6 heteroatoms. The molecule has 2 atom stereocenters. The maximum Gasteiger partial charge on any atom is 0.419 e. The van der Waals surface area contributed by atoms with Gasteiger partial charge in [0.1, 0.15) is 6.10 Å². The van der Waals surface area contributed by atoms with E-state index >= 15 is 0 Å². The lowest BCUT2D eigenvalue weighted by Gasteiger charge is -2.17. The molecule has 0 spiro atoms. The van der Waals surface area contributed by atoms with Crippen LogP contribution in [-0.2, 0) is 7.05 Å². The predicted molar refractivity (Wildman–Crippen MR) is 66.3 cm³/mol. The van der Waals surface area contributed by atoms with Crippen LogP contribution in [0.15, 0.2) is 27.4 Å². The van der Waals surface area contributed by atoms with Gasteiger partial charge in [-0.05, 0) is 24.7 Å². The lowest BCUT2D eigenvalue weighted by molar-refractivity contribution is 0.0203. The van der Waals surface area contributed by atoms with Gasteiger partial charge in [0.2, 0.25) is 0 Å². The normalized spacial score (nSPS) is 14.9. The number of aliphatic hydroxyl groups is 2. The summed E-state index contributed by atoms with van der Waals surface area (Å²) < 4.78 is 6.41. The van der Waals surface area contributed by atoms with Gasteiger partial charge in [-0.1, -0.05) is 6.07 Å². The molecule has 98 valence electrons. The van der Waals surface area contributed by atoms with Gasteiger partial charge in [-0.3, -0.25) is 4.57 Å². The lowest BCUT2D eigenvalue weighted by Crippen LogP contribution is -2.29. The van der Waals surface area contributed by atoms with Crippen LogP contribution in [0.25, 0.3) is 11.1 Å². The number of rotatable bonds is 4. The molecule has 2 rings (SSSR count). The van der Waals surface area contributed by atoms with Crippen LogP contribution in [-0.4, -0.2) is 34.5 Å². The molecule has 6 nitrogen and oxygen atoms in total. The Hall–Kier alpha value is -1.63. The van der Waals surface area contributed by atoms with E-state index in [0.717, 1.165) is 0 Å². The number of hydrogen-bond donors (Lipinski definition) is 3. The highest BCUT2D eigenvalue weighted by Crippen LogP contribution is 2.21. The van der Waals surface area contributed by atoms with Crippen molar-refractivity contribution in [2.24, 2.45) is 7.05 Å². The molecule has 0 aliphatic carbocycles. The minimum Gasteiger partial charge on any atom is -0.408 e. The number of aliphatic hydroxyl groups excluding tert-OH is 2. The Morgan fingerprint density at radius 2 is 2.17 bits per heavy atom. The summed E-state index contributed by atoms with van der Waals surface area (Å²) in [6.45, 7) is 0.276. The third-order valence-corrected chi connectivity index (χ3v) is 2.94. The first kappa shape index (κ1) is 12.8. The third kappa shape index (κ3) is 2.17. The number of nitrogens with one attached hydrogen (secondary N) is 1. The third-order valence-electron chi connectivity index (χ3n) is 2.94. The van der Waals surface area contributed by atoms with Crippen LogP contribution in [0, 0.1) is 0 Å². The monoisotopic (exact) mass is 252 g/mol. The maximum absolute atomic E-state index is 11.3. The second-order valence-corrected chi connectivity index (χ2v) is 4.22. The topological polar surface area (TPSA) is 87.6 Å². The summed E-state index contributed by atoms with van der Waals surface area (Å²) in [5, 5.41) is 22.4. The van der Waals surface area contributed by atoms with E-state index in [0.29, 0.717) is 16.7 Å². The van der Waals surface area contributed by atoms with Gasteiger partial charge in [-0.2, -0.15) is 0 Å². The quantitative estimate of drug-likeness (QED) is 0.698. The average Bonchev–Trinajstić information content (AvgIpc) is 2.64. The number of aryl methyl sites for hydroxylation is 1. The molecular weight excluding hydrogens is 236 g/mol. The van der Waals surface area contributed by atoms with E-state index in [2.05, 4.69) is 5.32 Å². The van der Waals surface area contributed by atoms with Crippen LogP contribution in [0.5, 0.6) is 0 Å². The standard InChI is InChI=1S/C12H16N2O4/c1-13-6-9(15)11(16)7-3-4-8-10(5-7)18-12(17)14(8)2/h3-5,9,11,13,15-16H,6H2,1-2H3. The second kappa shape index (κ2) is 4.93. The molecule has 0 aliphatic heterocycles. The largest absolute Gasteiger partial charge is 0.419 e. The van der Waals surface area contributed by atoms with E-state index in [1.807, 2.05) is 0 Å². The Balaban J connectivity index is 2.38. The minimum atomic E-state index is -1.02. The molecule has 2 unspecified atom stereocenters. The van der Waals surface area contributed by atoms with E-state index in [-0.39, 0.29) is 6.54 Å². The van der Waals surface area contributed by atoms with Gasteiger partial charge in [0.25, 0.3) is 0 Å². The highest BCUT2D eigenvalue weighted by atomic mass is 16.4. The van der Waals surface area contributed by atoms with Gasteiger partial charge in [0.05, 0.1) is 11.6 Å². The van der Waals surface area contributed by atoms with E-state index < -0.39 is 18.0 Å². The maximum atomic E-state index is 11.3. The lowest BCUT2D eigenvalue weighted by atomic mass is 10.0. The first-order chi connectivity index (χ1) is 8.54. The van der Waals surface area contributed by atoms with Crippen LogP contribution >= 0.6 is 0 Å². The molecule has 0 fully saturated rings. The molecule has 3 N–H and O–H groups in total. The summed E-state index contributed by atoms with van der Waals surface area (Å²) in [5.74, 6) is -0.451. The van der Waals surface area contributed by atoms with Crippen molar-refractivity contribution < 1.29 is 14.6 Å². The number of aromatic nitrogens is 1. The van der Waals surface area contributed by atoms with Crippen molar-refractivity contribution in [2.45, 2.75) is 12.2 Å². The molecule has 0 radical (unpaired) electrons. The summed E-state index contributed by atoms with van der Waals surface area (Å²) in [5.41, 5.74) is 1.56. The molecule has 0 saturated carbocycles. The van der Waals surface area contributed by atoms with Crippen molar-refractivity contribution in [3.8, 4) is 0 Å². The number of benzene rings is 1. The molecule has 0 bridgehead atoms. The second-order valence-electron chi connectivity index (χ2n) is 4.22. The van der Waals surface area contributed by atoms with Gasteiger partial charge >= 0.3 is 5.76 Å². The molecule has 0 aliphatic rings. The Morgan fingerprint density at radius 3 is 2.83 bits per heavy atom. The molecule has 0 saturated heterocycles. The Kier molecular flexibility index (Phi) is 3.51. The van der Waals surface area contributed by atoms with E-state index in [1.54, 1.807) is 32.3 Å². The summed E-state index contributed by atoms with van der Waals surface area (Å²) in [6.07, 6.45) is -1.93. The first-order valence-electron chi connectivity index (χ1n) is 5.65. The Labute approximate surface area is 103 Å². The number of oxazole rings is 1. The van der Waals surface area contributed by atoms with Crippen molar-refractivity contribution >= 4 is 11.1 Å². The minimum absolute atomic E-state index is 0.276. The van der Waals surface area contributed by atoms with Crippen molar-refractivity contribution in [2.75, 3.05) is 13.6 Å². The fourth-order valence-electron chi connectivity index (χ4n) is 1.88. The van der Waals surface area contributed by atoms with Crippen molar-refractivity contribution in [1.29, 1.82) is 0 Å². The molecule has 1 heterocycles. The predicted octanol–water partition coefficient (Wildman–Crippen LogP) is -0.255. The highest BCUT2D eigenvalue weighted by Gasteiger charge is 2.19. The van der Waals surface area contributed by atoms with Crippen molar-refractivity contribution in [3.63, 3.8) is 0 Å². The summed E-state index contributed by atoms with van der Waals surface area (Å²) in [4.78, 5) is 11.3. The van der Waals surface area contributed by atoms with Crippen LogP contribution in [0.3, 0.4) is 0 Å². The molecule has 2 aromatic rings. The van der Waals surface area contributed by atoms with Crippen molar-refractivity contribution in [3.05, 3.63) is 34.3 Å². The van der Waals surface area contributed by atoms with Crippen LogP contribution in [0.4, 0.5) is 0 Å². The van der Waals surface area contributed by atoms with E-state index in [4.69, 9.17) is 4.42 Å². The SMILES string of the molecule is CNCC(O)C(O)c1ccc2c(c1)oc(=O)n2C. The van der Waals surface area contributed by atoms with Gasteiger partial charge in [0, 0.05) is 13.6 Å². The molecule has 18 heavy (non-hydrogen) atoms. The number of fused-ring (bicyclic) bond motifs is 1. The van der Waals surface area contributed by atoms with Gasteiger partial charge in [0.15, 0.2) is 5.58 Å². The summed E-state index contributed by atoms with van der Waals surface area (Å²) >= 11 is 0. The van der Waals surface area contributed by atoms with Gasteiger partial charge in [-0.15, -0.1) is 0 Å². The Bertz CT molecular complexity index is 602. The average molecular weight is 252 g/mol. The van der Waals surface area contributed by atoms with E-state index in [9.17, 15) is 15.0 Å². The van der Waals surface area contributed by atoms with Crippen LogP contribution in [0.2, 0.25) is 0 Å². The highest BCUT2D eigenvalue weighted by molar-refractivity contribution is 5.73. The molecular formula is C12H16N2O4. The van der Waals surface area contributed by atoms with E-state index in [1.165, 1.54) is 4.57 Å². The number of hydrogen-bond acceptors (Lipinski definition) is 5. The summed E-state index contributed by atoms with van der Waals surface area (Å²) in [7, 11) is 3.30. The van der Waals surface area contributed by atoms with Gasteiger partial charge < -0.3 is 19.9 Å². The van der Waals surface area contributed by atoms with Crippen LogP contribution in [0.1, 0.15) is 11.7 Å². The summed E-state index contributed by atoms with van der Waals surface area (Å²) in [6, 6.07) is 4.92. The smallest absolute Gasteiger partial charge is 0.408 e.